The molecule has 0 saturated heterocycles. The summed E-state index contributed by atoms with van der Waals surface area (Å²) in [4.78, 5) is 12.0. The maximum Gasteiger partial charge on any atom is 0.333 e. The largest absolute Gasteiger partial charge is 1.00 e. The van der Waals surface area contributed by atoms with Crippen LogP contribution in [0.3, 0.4) is 0 Å². The Hall–Kier alpha value is 0.120. The number of hydrogen-bond donors (Lipinski definition) is 0. The summed E-state index contributed by atoms with van der Waals surface area (Å²) in [7, 11) is -1.06. The zero-order chi connectivity index (χ0) is 24.6. The SMILES string of the molecule is C=C(C)C(=O)OCC[P+](CCCCCCCC)(CCCCCCCC)CCCCCCCC.[Br-]. The normalized spacial score (nSPS) is 11.3. The highest BCUT2D eigenvalue weighted by Crippen LogP contribution is 2.60. The lowest BCUT2D eigenvalue weighted by Crippen LogP contribution is -3.00. The van der Waals surface area contributed by atoms with Crippen LogP contribution in [-0.4, -0.2) is 37.2 Å². The van der Waals surface area contributed by atoms with Crippen LogP contribution in [0.4, 0.5) is 0 Å². The molecule has 0 saturated carbocycles. The number of esters is 1. The molecule has 0 atom stereocenters. The summed E-state index contributed by atoms with van der Waals surface area (Å²) in [5.74, 6) is -0.202. The van der Waals surface area contributed by atoms with E-state index in [4.69, 9.17) is 4.74 Å². The van der Waals surface area contributed by atoms with Crippen LogP contribution in [0.25, 0.3) is 0 Å². The van der Waals surface area contributed by atoms with Gasteiger partial charge in [-0.3, -0.25) is 0 Å². The quantitative estimate of drug-likeness (QED) is 0.0508. The lowest BCUT2D eigenvalue weighted by molar-refractivity contribution is -0.138. The van der Waals surface area contributed by atoms with Crippen LogP contribution < -0.4 is 17.0 Å². The van der Waals surface area contributed by atoms with Crippen LogP contribution in [0, 0.1) is 0 Å². The van der Waals surface area contributed by atoms with E-state index in [1.807, 2.05) is 0 Å². The van der Waals surface area contributed by atoms with E-state index in [9.17, 15) is 4.79 Å². The van der Waals surface area contributed by atoms with Gasteiger partial charge in [-0.25, -0.2) is 4.79 Å². The van der Waals surface area contributed by atoms with Crippen molar-refractivity contribution in [2.45, 2.75) is 143 Å². The molecule has 0 aromatic rings. The molecule has 0 aliphatic heterocycles. The summed E-state index contributed by atoms with van der Waals surface area (Å²) in [5.41, 5.74) is 0.529. The van der Waals surface area contributed by atoms with Gasteiger partial charge in [0.15, 0.2) is 0 Å². The average Bonchev–Trinajstić information content (AvgIpc) is 2.80. The molecule has 0 spiro atoms. The van der Waals surface area contributed by atoms with E-state index in [0.717, 1.165) is 6.16 Å². The molecule has 0 aromatic heterocycles. The van der Waals surface area contributed by atoms with E-state index in [1.54, 1.807) is 6.92 Å². The number of rotatable bonds is 25. The highest BCUT2D eigenvalue weighted by Gasteiger charge is 2.35. The van der Waals surface area contributed by atoms with Crippen LogP contribution in [0.1, 0.15) is 143 Å². The number of carbonyl (C=O) groups is 1. The lowest BCUT2D eigenvalue weighted by Gasteiger charge is -2.28. The van der Waals surface area contributed by atoms with E-state index >= 15 is 0 Å². The Morgan fingerprint density at radius 1 is 0.588 bits per heavy atom. The molecule has 204 valence electrons. The molecule has 0 radical (unpaired) electrons. The minimum Gasteiger partial charge on any atom is -1.00 e. The molecule has 4 heteroatoms. The second-order valence-electron chi connectivity index (χ2n) is 10.5. The van der Waals surface area contributed by atoms with Gasteiger partial charge in [0.2, 0.25) is 0 Å². The van der Waals surface area contributed by atoms with Crippen LogP contribution in [-0.2, 0) is 9.53 Å². The third-order valence-electron chi connectivity index (χ3n) is 7.11. The van der Waals surface area contributed by atoms with Crippen molar-refractivity contribution in [3.8, 4) is 0 Å². The van der Waals surface area contributed by atoms with Crippen molar-refractivity contribution in [3.63, 3.8) is 0 Å². The molecule has 0 aliphatic rings. The van der Waals surface area contributed by atoms with Gasteiger partial charge < -0.3 is 21.7 Å². The molecule has 0 aliphatic carbocycles. The fourth-order valence-electron chi connectivity index (χ4n) is 4.81. The van der Waals surface area contributed by atoms with Crippen LogP contribution in [0.2, 0.25) is 0 Å². The first-order valence-electron chi connectivity index (χ1n) is 14.7. The molecular formula is C30H60BrO2P. The van der Waals surface area contributed by atoms with E-state index < -0.39 is 7.26 Å². The van der Waals surface area contributed by atoms with Crippen LogP contribution in [0.5, 0.6) is 0 Å². The highest BCUT2D eigenvalue weighted by molar-refractivity contribution is 7.75. The van der Waals surface area contributed by atoms with E-state index in [0.29, 0.717) is 12.2 Å². The van der Waals surface area contributed by atoms with Crippen molar-refractivity contribution in [2.24, 2.45) is 0 Å². The second-order valence-corrected chi connectivity index (χ2v) is 14.9. The van der Waals surface area contributed by atoms with Crippen molar-refractivity contribution in [1.29, 1.82) is 0 Å². The average molecular weight is 564 g/mol. The Morgan fingerprint density at radius 2 is 0.912 bits per heavy atom. The molecule has 0 bridgehead atoms. The van der Waals surface area contributed by atoms with Gasteiger partial charge in [0.25, 0.3) is 0 Å². The summed E-state index contributed by atoms with van der Waals surface area (Å²) >= 11 is 0. The smallest absolute Gasteiger partial charge is 0.333 e. The fraction of sp³-hybridized carbons (Fsp3) is 0.900. The lowest BCUT2D eigenvalue weighted by atomic mass is 10.1. The molecular weight excluding hydrogens is 503 g/mol. The Balaban J connectivity index is 0. The summed E-state index contributed by atoms with van der Waals surface area (Å²) in [5, 5.41) is 0. The topological polar surface area (TPSA) is 26.3 Å². The first-order chi connectivity index (χ1) is 16.0. The zero-order valence-corrected chi connectivity index (χ0v) is 26.1. The minimum absolute atomic E-state index is 0. The van der Waals surface area contributed by atoms with Gasteiger partial charge >= 0.3 is 5.97 Å². The predicted octanol–water partition coefficient (Wildman–Crippen LogP) is 7.21. The number of unbranched alkanes of at least 4 members (excludes halogenated alkanes) is 15. The fourth-order valence-corrected chi connectivity index (χ4v) is 9.31. The zero-order valence-electron chi connectivity index (χ0n) is 23.6. The van der Waals surface area contributed by atoms with E-state index in [2.05, 4.69) is 27.4 Å². The van der Waals surface area contributed by atoms with Gasteiger partial charge in [0.1, 0.15) is 6.61 Å². The summed E-state index contributed by atoms with van der Waals surface area (Å²) in [6.07, 6.45) is 30.2. The van der Waals surface area contributed by atoms with Crippen molar-refractivity contribution in [3.05, 3.63) is 12.2 Å². The summed E-state index contributed by atoms with van der Waals surface area (Å²) in [6, 6.07) is 0. The van der Waals surface area contributed by atoms with Gasteiger partial charge in [0, 0.05) is 12.8 Å². The maximum absolute atomic E-state index is 12.0. The molecule has 0 unspecified atom stereocenters. The Kier molecular flexibility index (Phi) is 27.9. The Labute approximate surface area is 226 Å². The standard InChI is InChI=1S/C30H60O2P.BrH/c1-6-9-12-15-18-21-25-33(26-22-19-16-13-10-7-2,27-23-20-17-14-11-8-3)28-24-32-30(31)29(4)5;/h4,6-28H2,1-3,5H3;1H/q+1;/p-1. The van der Waals surface area contributed by atoms with Crippen molar-refractivity contribution in [1.82, 2.24) is 0 Å². The van der Waals surface area contributed by atoms with Crippen molar-refractivity contribution < 1.29 is 26.5 Å². The first-order valence-corrected chi connectivity index (χ1v) is 17.2. The molecule has 0 heterocycles. The highest BCUT2D eigenvalue weighted by atomic mass is 79.9. The van der Waals surface area contributed by atoms with Crippen LogP contribution in [0.15, 0.2) is 12.2 Å². The summed E-state index contributed by atoms with van der Waals surface area (Å²) < 4.78 is 5.63. The molecule has 0 fully saturated rings. The number of carbonyl (C=O) groups excluding carboxylic acids is 1. The van der Waals surface area contributed by atoms with E-state index in [-0.39, 0.29) is 23.0 Å². The molecule has 0 aromatic carbocycles. The third kappa shape index (κ3) is 21.4. The molecule has 2 nitrogen and oxygen atoms in total. The Morgan fingerprint density at radius 3 is 1.24 bits per heavy atom. The molecule has 34 heavy (non-hydrogen) atoms. The predicted molar refractivity (Wildman–Crippen MR) is 152 cm³/mol. The number of ether oxygens (including phenoxy) is 1. The maximum atomic E-state index is 12.0. The first kappa shape index (κ1) is 36.3. The minimum atomic E-state index is -1.06. The van der Waals surface area contributed by atoms with Gasteiger partial charge in [-0.15, -0.1) is 0 Å². The molecule has 0 amide bonds. The van der Waals surface area contributed by atoms with Crippen molar-refractivity contribution in [2.75, 3.05) is 31.3 Å². The third-order valence-corrected chi connectivity index (χ3v) is 12.0. The number of halogens is 1. The monoisotopic (exact) mass is 562 g/mol. The van der Waals surface area contributed by atoms with Gasteiger partial charge in [-0.05, 0) is 45.4 Å². The number of hydrogen-bond acceptors (Lipinski definition) is 2. The van der Waals surface area contributed by atoms with Gasteiger partial charge in [0.05, 0.1) is 24.6 Å². The van der Waals surface area contributed by atoms with E-state index in [1.165, 1.54) is 134 Å². The van der Waals surface area contributed by atoms with Crippen LogP contribution >= 0.6 is 7.26 Å². The summed E-state index contributed by atoms with van der Waals surface area (Å²) in [6.45, 7) is 13.0. The second kappa shape index (κ2) is 26.2. The van der Waals surface area contributed by atoms with Gasteiger partial charge in [-0.2, -0.15) is 0 Å². The van der Waals surface area contributed by atoms with Crippen molar-refractivity contribution >= 4 is 13.2 Å². The Bertz CT molecular complexity index is 426. The molecule has 0 N–H and O–H groups in total. The molecule has 0 rings (SSSR count). The van der Waals surface area contributed by atoms with Gasteiger partial charge in [-0.1, -0.05) is 104 Å².